The molecule has 1 N–H and O–H groups in total. The predicted molar refractivity (Wildman–Crippen MR) is 81.0 cm³/mol. The van der Waals surface area contributed by atoms with E-state index in [-0.39, 0.29) is 5.54 Å². The van der Waals surface area contributed by atoms with Gasteiger partial charge in [-0.15, -0.1) is 0 Å². The average molecular weight is 254 g/mol. The van der Waals surface area contributed by atoms with Gasteiger partial charge in [-0.3, -0.25) is 0 Å². The fourth-order valence-electron chi connectivity index (χ4n) is 2.86. The van der Waals surface area contributed by atoms with Crippen LogP contribution in [0.3, 0.4) is 0 Å². The van der Waals surface area contributed by atoms with Crippen LogP contribution in [-0.2, 0) is 0 Å². The summed E-state index contributed by atoms with van der Waals surface area (Å²) < 4.78 is 0. The molecule has 2 nitrogen and oxygen atoms in total. The maximum absolute atomic E-state index is 3.75. The molecule has 0 heterocycles. The van der Waals surface area contributed by atoms with Crippen LogP contribution in [0, 0.1) is 5.41 Å². The van der Waals surface area contributed by atoms with E-state index < -0.39 is 0 Å². The Labute approximate surface area is 115 Å². The lowest BCUT2D eigenvalue weighted by Gasteiger charge is -2.43. The molecule has 0 aromatic heterocycles. The molecule has 0 saturated heterocycles. The molecule has 0 spiro atoms. The molecule has 1 aliphatic carbocycles. The number of nitrogens with zero attached hydrogens (tertiary/aromatic N) is 1. The van der Waals surface area contributed by atoms with Crippen molar-refractivity contribution in [1.29, 1.82) is 0 Å². The van der Waals surface area contributed by atoms with Crippen LogP contribution in [-0.4, -0.2) is 36.6 Å². The Morgan fingerprint density at radius 3 is 2.11 bits per heavy atom. The average Bonchev–Trinajstić information content (AvgIpc) is 2.27. The van der Waals surface area contributed by atoms with Crippen molar-refractivity contribution >= 4 is 0 Å². The van der Waals surface area contributed by atoms with Crippen LogP contribution < -0.4 is 5.32 Å². The maximum atomic E-state index is 3.75. The summed E-state index contributed by atoms with van der Waals surface area (Å²) >= 11 is 0. The molecule has 1 rings (SSSR count). The first-order valence-corrected chi connectivity index (χ1v) is 7.69. The fraction of sp³-hybridized carbons (Fsp3) is 1.00. The first-order valence-electron chi connectivity index (χ1n) is 7.69. The molecule has 0 amide bonds. The van der Waals surface area contributed by atoms with Crippen LogP contribution >= 0.6 is 0 Å². The van der Waals surface area contributed by atoms with Gasteiger partial charge in [-0.25, -0.2) is 0 Å². The highest BCUT2D eigenvalue weighted by Gasteiger charge is 2.34. The summed E-state index contributed by atoms with van der Waals surface area (Å²) in [7, 11) is 2.28. The third-order valence-electron chi connectivity index (χ3n) is 4.37. The van der Waals surface area contributed by atoms with Gasteiger partial charge in [-0.1, -0.05) is 19.3 Å². The van der Waals surface area contributed by atoms with E-state index in [0.717, 1.165) is 0 Å². The van der Waals surface area contributed by atoms with E-state index in [1.165, 1.54) is 45.2 Å². The molecule has 0 aromatic carbocycles. The van der Waals surface area contributed by atoms with E-state index in [0.29, 0.717) is 11.5 Å². The Morgan fingerprint density at radius 1 is 1.11 bits per heavy atom. The van der Waals surface area contributed by atoms with Crippen molar-refractivity contribution in [3.05, 3.63) is 0 Å². The summed E-state index contributed by atoms with van der Waals surface area (Å²) in [5.74, 6) is 0. The Hall–Kier alpha value is -0.0800. The van der Waals surface area contributed by atoms with Gasteiger partial charge in [-0.2, -0.15) is 0 Å². The minimum absolute atomic E-state index is 0.237. The normalized spacial score (nSPS) is 20.7. The summed E-state index contributed by atoms with van der Waals surface area (Å²) in [4.78, 5) is 2.52. The molecule has 0 unspecified atom stereocenters. The van der Waals surface area contributed by atoms with E-state index in [9.17, 15) is 0 Å². The van der Waals surface area contributed by atoms with Crippen molar-refractivity contribution < 1.29 is 0 Å². The molecule has 108 valence electrons. The molecular formula is C16H34N2. The number of nitrogens with one attached hydrogen (secondary N) is 1. The van der Waals surface area contributed by atoms with Gasteiger partial charge >= 0.3 is 0 Å². The van der Waals surface area contributed by atoms with Gasteiger partial charge in [-0.05, 0) is 59.9 Å². The van der Waals surface area contributed by atoms with Crippen LogP contribution in [0.5, 0.6) is 0 Å². The summed E-state index contributed by atoms with van der Waals surface area (Å²) in [5, 5.41) is 3.75. The molecule has 1 aliphatic rings. The van der Waals surface area contributed by atoms with E-state index >= 15 is 0 Å². The zero-order chi connectivity index (χ0) is 13.8. The largest absolute Gasteiger partial charge is 0.311 e. The zero-order valence-corrected chi connectivity index (χ0v) is 13.5. The third-order valence-corrected chi connectivity index (χ3v) is 4.37. The van der Waals surface area contributed by atoms with E-state index in [2.05, 4.69) is 51.9 Å². The van der Waals surface area contributed by atoms with Gasteiger partial charge in [0.05, 0.1) is 0 Å². The third kappa shape index (κ3) is 5.27. The highest BCUT2D eigenvalue weighted by Crippen LogP contribution is 2.37. The summed E-state index contributed by atoms with van der Waals surface area (Å²) in [6.45, 7) is 13.8. The molecule has 18 heavy (non-hydrogen) atoms. The highest BCUT2D eigenvalue weighted by molar-refractivity contribution is 4.89. The zero-order valence-electron chi connectivity index (χ0n) is 13.5. The van der Waals surface area contributed by atoms with Crippen LogP contribution in [0.2, 0.25) is 0 Å². The van der Waals surface area contributed by atoms with Crippen LogP contribution in [0.25, 0.3) is 0 Å². The number of hydrogen-bond donors (Lipinski definition) is 1. The van der Waals surface area contributed by atoms with E-state index in [1.807, 2.05) is 0 Å². The Morgan fingerprint density at radius 2 is 1.67 bits per heavy atom. The molecule has 0 aliphatic heterocycles. The van der Waals surface area contributed by atoms with E-state index in [1.54, 1.807) is 0 Å². The molecule has 0 aromatic rings. The van der Waals surface area contributed by atoms with Gasteiger partial charge in [0, 0.05) is 24.7 Å². The minimum Gasteiger partial charge on any atom is -0.311 e. The van der Waals surface area contributed by atoms with Crippen molar-refractivity contribution in [1.82, 2.24) is 10.2 Å². The molecule has 0 atom stereocenters. The van der Waals surface area contributed by atoms with Gasteiger partial charge in [0.2, 0.25) is 0 Å². The summed E-state index contributed by atoms with van der Waals surface area (Å²) in [5.41, 5.74) is 0.741. The minimum atomic E-state index is 0.237. The lowest BCUT2D eigenvalue weighted by Crippen LogP contribution is -2.50. The topological polar surface area (TPSA) is 15.3 Å². The molecule has 2 heteroatoms. The van der Waals surface area contributed by atoms with E-state index in [4.69, 9.17) is 0 Å². The van der Waals surface area contributed by atoms with Crippen molar-refractivity contribution in [2.75, 3.05) is 20.1 Å². The van der Waals surface area contributed by atoms with Gasteiger partial charge in [0.15, 0.2) is 0 Å². The Kier molecular flexibility index (Phi) is 5.67. The van der Waals surface area contributed by atoms with Crippen LogP contribution in [0.1, 0.15) is 66.7 Å². The van der Waals surface area contributed by atoms with Crippen molar-refractivity contribution in [2.24, 2.45) is 5.41 Å². The lowest BCUT2D eigenvalue weighted by molar-refractivity contribution is 0.0941. The standard InChI is InChI=1S/C16H34N2/c1-14(2)18(6)13-16(10-8-7-9-11-16)12-17-15(3,4)5/h14,17H,7-13H2,1-6H3. The second-order valence-corrected chi connectivity index (χ2v) is 7.67. The first kappa shape index (κ1) is 16.0. The summed E-state index contributed by atoms with van der Waals surface area (Å²) in [6, 6.07) is 0.651. The Balaban J connectivity index is 2.63. The first-order chi connectivity index (χ1) is 8.24. The second kappa shape index (κ2) is 6.38. The Bertz CT molecular complexity index is 234. The smallest absolute Gasteiger partial charge is 0.00967 e. The van der Waals surface area contributed by atoms with Gasteiger partial charge in [0.25, 0.3) is 0 Å². The highest BCUT2D eigenvalue weighted by atomic mass is 15.1. The molecule has 1 fully saturated rings. The monoisotopic (exact) mass is 254 g/mol. The predicted octanol–water partition coefficient (Wildman–Crippen LogP) is 3.67. The summed E-state index contributed by atoms with van der Waals surface area (Å²) in [6.07, 6.45) is 7.05. The van der Waals surface area contributed by atoms with Crippen molar-refractivity contribution in [3.63, 3.8) is 0 Å². The van der Waals surface area contributed by atoms with Crippen molar-refractivity contribution in [3.8, 4) is 0 Å². The molecule has 0 bridgehead atoms. The molecular weight excluding hydrogens is 220 g/mol. The molecule has 0 radical (unpaired) electrons. The van der Waals surface area contributed by atoms with Crippen LogP contribution in [0.4, 0.5) is 0 Å². The number of hydrogen-bond acceptors (Lipinski definition) is 2. The SMILES string of the molecule is CC(C)N(C)CC1(CNC(C)(C)C)CCCCC1. The lowest BCUT2D eigenvalue weighted by atomic mass is 9.73. The number of rotatable bonds is 5. The van der Waals surface area contributed by atoms with Gasteiger partial charge in [0.1, 0.15) is 0 Å². The molecule has 1 saturated carbocycles. The van der Waals surface area contributed by atoms with Gasteiger partial charge < -0.3 is 10.2 Å². The quantitative estimate of drug-likeness (QED) is 0.805. The fourth-order valence-corrected chi connectivity index (χ4v) is 2.86. The maximum Gasteiger partial charge on any atom is 0.00967 e. The van der Waals surface area contributed by atoms with Crippen LogP contribution in [0.15, 0.2) is 0 Å². The second-order valence-electron chi connectivity index (χ2n) is 7.67. The van der Waals surface area contributed by atoms with Crippen molar-refractivity contribution in [2.45, 2.75) is 78.3 Å².